The van der Waals surface area contributed by atoms with E-state index in [-0.39, 0.29) is 18.0 Å². The molecule has 0 unspecified atom stereocenters. The summed E-state index contributed by atoms with van der Waals surface area (Å²) in [6.45, 7) is 1.85. The molecule has 2 aromatic heterocycles. The summed E-state index contributed by atoms with van der Waals surface area (Å²) in [6, 6.07) is 19.1. The molecule has 2 aromatic carbocycles. The molecule has 1 N–H and O–H groups in total. The van der Waals surface area contributed by atoms with Crippen molar-refractivity contribution in [2.24, 2.45) is 5.10 Å². The van der Waals surface area contributed by atoms with Crippen LogP contribution in [-0.4, -0.2) is 26.8 Å². The van der Waals surface area contributed by atoms with E-state index in [1.165, 1.54) is 18.3 Å². The summed E-state index contributed by atoms with van der Waals surface area (Å²) in [5.41, 5.74) is 5.23. The van der Waals surface area contributed by atoms with Gasteiger partial charge in [-0.25, -0.2) is 10.1 Å². The number of furan rings is 1. The molecule has 0 saturated heterocycles. The normalized spacial score (nSPS) is 11.0. The predicted molar refractivity (Wildman–Crippen MR) is 119 cm³/mol. The van der Waals surface area contributed by atoms with Crippen LogP contribution in [0.1, 0.15) is 16.9 Å². The van der Waals surface area contributed by atoms with E-state index in [9.17, 15) is 14.9 Å². The number of aromatic nitrogens is 2. The summed E-state index contributed by atoms with van der Waals surface area (Å²) < 4.78 is 7.44. The molecular formula is C23H19N5O4. The molecule has 32 heavy (non-hydrogen) atoms. The molecule has 1 amide bonds. The second-order valence-corrected chi connectivity index (χ2v) is 7.02. The molecule has 0 atom stereocenters. The van der Waals surface area contributed by atoms with Crippen LogP contribution in [0.15, 0.2) is 82.4 Å². The number of nitro benzene ring substituents is 1. The summed E-state index contributed by atoms with van der Waals surface area (Å²) in [7, 11) is 0. The number of hydrazone groups is 1. The van der Waals surface area contributed by atoms with Gasteiger partial charge in [-0.3, -0.25) is 14.9 Å². The van der Waals surface area contributed by atoms with Gasteiger partial charge in [0.2, 0.25) is 5.91 Å². The Morgan fingerprint density at radius 2 is 1.91 bits per heavy atom. The SMILES string of the molecule is Cc1ccc(-c2nn(-c3ccccc3)cc2/C=N\NC(=O)Cc2ccc([N+](=O)[O-])cc2)o1. The number of nitro groups is 1. The number of nitrogens with zero attached hydrogens (tertiary/aromatic N) is 4. The minimum absolute atomic E-state index is 0.0247. The fourth-order valence-electron chi connectivity index (χ4n) is 3.08. The monoisotopic (exact) mass is 429 g/mol. The van der Waals surface area contributed by atoms with Gasteiger partial charge in [-0.05, 0) is 36.8 Å². The van der Waals surface area contributed by atoms with E-state index in [1.54, 1.807) is 23.0 Å². The molecule has 160 valence electrons. The van der Waals surface area contributed by atoms with E-state index < -0.39 is 4.92 Å². The molecule has 9 heteroatoms. The Hall–Kier alpha value is -4.53. The van der Waals surface area contributed by atoms with Crippen molar-refractivity contribution in [1.82, 2.24) is 15.2 Å². The maximum Gasteiger partial charge on any atom is 0.269 e. The van der Waals surface area contributed by atoms with E-state index in [2.05, 4.69) is 15.6 Å². The number of aryl methyl sites for hydroxylation is 1. The van der Waals surface area contributed by atoms with E-state index >= 15 is 0 Å². The molecule has 0 aliphatic heterocycles. The molecule has 0 fully saturated rings. The number of hydrogen-bond donors (Lipinski definition) is 1. The van der Waals surface area contributed by atoms with Crippen LogP contribution in [0.5, 0.6) is 0 Å². The third-order valence-corrected chi connectivity index (χ3v) is 4.64. The fourth-order valence-corrected chi connectivity index (χ4v) is 3.08. The Kier molecular flexibility index (Phi) is 5.89. The van der Waals surface area contributed by atoms with Crippen molar-refractivity contribution < 1.29 is 14.1 Å². The smallest absolute Gasteiger partial charge is 0.269 e. The highest BCUT2D eigenvalue weighted by atomic mass is 16.6. The van der Waals surface area contributed by atoms with Crippen molar-refractivity contribution >= 4 is 17.8 Å². The summed E-state index contributed by atoms with van der Waals surface area (Å²) >= 11 is 0. The number of para-hydroxylation sites is 1. The van der Waals surface area contributed by atoms with E-state index in [0.29, 0.717) is 22.6 Å². The van der Waals surface area contributed by atoms with Crippen LogP contribution in [0, 0.1) is 17.0 Å². The van der Waals surface area contributed by atoms with Crippen LogP contribution < -0.4 is 5.43 Å². The third-order valence-electron chi connectivity index (χ3n) is 4.64. The zero-order chi connectivity index (χ0) is 22.5. The van der Waals surface area contributed by atoms with Gasteiger partial charge in [-0.1, -0.05) is 30.3 Å². The Morgan fingerprint density at radius 1 is 1.16 bits per heavy atom. The zero-order valence-electron chi connectivity index (χ0n) is 17.1. The zero-order valence-corrected chi connectivity index (χ0v) is 17.1. The minimum atomic E-state index is -0.484. The van der Waals surface area contributed by atoms with Crippen molar-refractivity contribution in [2.45, 2.75) is 13.3 Å². The largest absolute Gasteiger partial charge is 0.460 e. The number of carbonyl (C=O) groups is 1. The Labute approximate surface area is 183 Å². The minimum Gasteiger partial charge on any atom is -0.460 e. The van der Waals surface area contributed by atoms with E-state index in [1.807, 2.05) is 49.4 Å². The highest BCUT2D eigenvalue weighted by molar-refractivity contribution is 5.89. The highest BCUT2D eigenvalue weighted by Crippen LogP contribution is 2.24. The van der Waals surface area contributed by atoms with Crippen LogP contribution in [0.25, 0.3) is 17.1 Å². The maximum absolute atomic E-state index is 12.2. The Balaban J connectivity index is 1.50. The van der Waals surface area contributed by atoms with Crippen LogP contribution >= 0.6 is 0 Å². The van der Waals surface area contributed by atoms with Crippen LogP contribution in [-0.2, 0) is 11.2 Å². The Bertz CT molecular complexity index is 1270. The van der Waals surface area contributed by atoms with Crippen molar-refractivity contribution in [2.75, 3.05) is 0 Å². The highest BCUT2D eigenvalue weighted by Gasteiger charge is 2.14. The average Bonchev–Trinajstić information content (AvgIpc) is 3.41. The average molecular weight is 429 g/mol. The molecule has 0 aliphatic carbocycles. The number of amides is 1. The Morgan fingerprint density at radius 3 is 2.56 bits per heavy atom. The van der Waals surface area contributed by atoms with Gasteiger partial charge in [0, 0.05) is 23.9 Å². The number of hydrogen-bond acceptors (Lipinski definition) is 6. The first-order valence-corrected chi connectivity index (χ1v) is 9.77. The molecule has 2 heterocycles. The van der Waals surface area contributed by atoms with Gasteiger partial charge in [-0.15, -0.1) is 0 Å². The number of non-ortho nitro benzene ring substituents is 1. The molecule has 4 aromatic rings. The lowest BCUT2D eigenvalue weighted by molar-refractivity contribution is -0.384. The number of benzene rings is 2. The number of rotatable bonds is 7. The lowest BCUT2D eigenvalue weighted by Gasteiger charge is -2.00. The van der Waals surface area contributed by atoms with Gasteiger partial charge in [0.1, 0.15) is 11.5 Å². The predicted octanol–water partition coefficient (Wildman–Crippen LogP) is 4.04. The van der Waals surface area contributed by atoms with Gasteiger partial charge in [0.25, 0.3) is 5.69 Å². The summed E-state index contributed by atoms with van der Waals surface area (Å²) in [4.78, 5) is 22.5. The van der Waals surface area contributed by atoms with Gasteiger partial charge in [-0.2, -0.15) is 10.2 Å². The lowest BCUT2D eigenvalue weighted by atomic mass is 10.1. The quantitative estimate of drug-likeness (QED) is 0.270. The standard InChI is InChI=1S/C23H19N5O4/c1-16-7-12-21(32-16)23-18(15-27(26-23)19-5-3-2-4-6-19)14-24-25-22(29)13-17-8-10-20(11-9-17)28(30)31/h2-12,14-15H,13H2,1H3,(H,25,29)/b24-14-. The van der Waals surface area contributed by atoms with Gasteiger partial charge in [0.15, 0.2) is 5.76 Å². The van der Waals surface area contributed by atoms with Crippen LogP contribution in [0.3, 0.4) is 0 Å². The summed E-state index contributed by atoms with van der Waals surface area (Å²) in [6.07, 6.45) is 3.35. The second-order valence-electron chi connectivity index (χ2n) is 7.02. The fraction of sp³-hybridized carbons (Fsp3) is 0.0870. The van der Waals surface area contributed by atoms with Crippen molar-refractivity contribution in [3.05, 3.63) is 99.9 Å². The van der Waals surface area contributed by atoms with Gasteiger partial charge in [0.05, 0.1) is 23.2 Å². The summed E-state index contributed by atoms with van der Waals surface area (Å²) in [5, 5.41) is 19.4. The summed E-state index contributed by atoms with van der Waals surface area (Å²) in [5.74, 6) is 1.00. The van der Waals surface area contributed by atoms with Crippen LogP contribution in [0.2, 0.25) is 0 Å². The molecule has 9 nitrogen and oxygen atoms in total. The van der Waals surface area contributed by atoms with E-state index in [4.69, 9.17) is 4.42 Å². The van der Waals surface area contributed by atoms with Crippen molar-refractivity contribution in [3.63, 3.8) is 0 Å². The molecule has 0 saturated carbocycles. The van der Waals surface area contributed by atoms with Gasteiger partial charge >= 0.3 is 0 Å². The van der Waals surface area contributed by atoms with E-state index in [0.717, 1.165) is 11.4 Å². The lowest BCUT2D eigenvalue weighted by Crippen LogP contribution is -2.19. The topological polar surface area (TPSA) is 116 Å². The molecule has 0 bridgehead atoms. The second kappa shape index (κ2) is 9.09. The molecule has 0 spiro atoms. The molecule has 0 radical (unpaired) electrons. The molecule has 4 rings (SSSR count). The molecule has 0 aliphatic rings. The number of carbonyl (C=O) groups excluding carboxylic acids is 1. The first-order valence-electron chi connectivity index (χ1n) is 9.77. The third kappa shape index (κ3) is 4.78. The first kappa shape index (κ1) is 20.7. The van der Waals surface area contributed by atoms with Crippen molar-refractivity contribution in [3.8, 4) is 17.1 Å². The van der Waals surface area contributed by atoms with Crippen molar-refractivity contribution in [1.29, 1.82) is 0 Å². The molecular weight excluding hydrogens is 410 g/mol. The maximum atomic E-state index is 12.2. The van der Waals surface area contributed by atoms with Gasteiger partial charge < -0.3 is 4.42 Å². The van der Waals surface area contributed by atoms with Crippen LogP contribution in [0.4, 0.5) is 5.69 Å². The number of nitrogens with one attached hydrogen (secondary N) is 1. The first-order chi connectivity index (χ1) is 15.5.